The zero-order chi connectivity index (χ0) is 15.6. The molecule has 22 heavy (non-hydrogen) atoms. The van der Waals surface area contributed by atoms with Gasteiger partial charge in [0.15, 0.2) is 5.60 Å². The van der Waals surface area contributed by atoms with Crippen LogP contribution in [0.1, 0.15) is 20.3 Å². The number of carbonyl (C=O) groups excluding carboxylic acids is 1. The molecule has 1 aromatic heterocycles. The van der Waals surface area contributed by atoms with Crippen molar-refractivity contribution in [3.63, 3.8) is 0 Å². The van der Waals surface area contributed by atoms with Crippen LogP contribution in [0, 0.1) is 0 Å². The highest BCUT2D eigenvalue weighted by Crippen LogP contribution is 2.29. The van der Waals surface area contributed by atoms with Gasteiger partial charge in [0, 0.05) is 32.6 Å². The number of anilines is 1. The topological polar surface area (TPSA) is 42.0 Å². The van der Waals surface area contributed by atoms with Gasteiger partial charge in [-0.25, -0.2) is 0 Å². The van der Waals surface area contributed by atoms with Gasteiger partial charge in [-0.3, -0.25) is 4.79 Å². The van der Waals surface area contributed by atoms with Crippen LogP contribution in [0.2, 0.25) is 0 Å². The summed E-state index contributed by atoms with van der Waals surface area (Å²) in [4.78, 5) is 17.2. The summed E-state index contributed by atoms with van der Waals surface area (Å²) >= 11 is 1.75. The Hall–Kier alpha value is -1.11. The number of carbonyl (C=O) groups is 1. The van der Waals surface area contributed by atoms with E-state index in [4.69, 9.17) is 9.47 Å². The Morgan fingerprint density at radius 1 is 1.36 bits per heavy atom. The van der Waals surface area contributed by atoms with Crippen molar-refractivity contribution in [2.45, 2.75) is 32.0 Å². The molecule has 1 aromatic rings. The molecule has 5 nitrogen and oxygen atoms in total. The van der Waals surface area contributed by atoms with E-state index in [0.29, 0.717) is 19.6 Å². The minimum atomic E-state index is -0.765. The number of hydrogen-bond acceptors (Lipinski definition) is 5. The van der Waals surface area contributed by atoms with Crippen molar-refractivity contribution in [2.24, 2.45) is 0 Å². The second kappa shape index (κ2) is 6.56. The summed E-state index contributed by atoms with van der Waals surface area (Å²) in [6, 6.07) is 4.20. The second-order valence-electron chi connectivity index (χ2n) is 6.19. The molecule has 0 saturated carbocycles. The van der Waals surface area contributed by atoms with Crippen molar-refractivity contribution < 1.29 is 14.3 Å². The molecule has 0 spiro atoms. The first-order valence-corrected chi connectivity index (χ1v) is 8.82. The molecule has 0 aliphatic carbocycles. The third kappa shape index (κ3) is 3.14. The van der Waals surface area contributed by atoms with Gasteiger partial charge >= 0.3 is 0 Å². The molecule has 1 unspecified atom stereocenters. The zero-order valence-electron chi connectivity index (χ0n) is 13.3. The highest BCUT2D eigenvalue weighted by atomic mass is 32.1. The fourth-order valence-corrected chi connectivity index (χ4v) is 3.96. The molecular weight excluding hydrogens is 300 g/mol. The van der Waals surface area contributed by atoms with E-state index in [1.165, 1.54) is 5.00 Å². The molecular formula is C16H24N2O3S. The highest BCUT2D eigenvalue weighted by Gasteiger charge is 2.47. The van der Waals surface area contributed by atoms with Crippen molar-refractivity contribution >= 4 is 22.2 Å². The van der Waals surface area contributed by atoms with Crippen LogP contribution < -0.4 is 4.90 Å². The Morgan fingerprint density at radius 3 is 2.68 bits per heavy atom. The molecule has 0 bridgehead atoms. The van der Waals surface area contributed by atoms with E-state index in [9.17, 15) is 4.79 Å². The Bertz CT molecular complexity index is 489. The largest absolute Gasteiger partial charge is 0.378 e. The lowest BCUT2D eigenvalue weighted by Crippen LogP contribution is -2.57. The molecule has 6 heteroatoms. The summed E-state index contributed by atoms with van der Waals surface area (Å²) in [7, 11) is 0. The molecule has 0 N–H and O–H groups in total. The molecule has 2 fully saturated rings. The van der Waals surface area contributed by atoms with Gasteiger partial charge in [0.05, 0.1) is 24.3 Å². The second-order valence-corrected chi connectivity index (χ2v) is 7.12. The Labute approximate surface area is 135 Å². The quantitative estimate of drug-likeness (QED) is 0.849. The van der Waals surface area contributed by atoms with Crippen molar-refractivity contribution in [2.75, 3.05) is 44.3 Å². The molecule has 122 valence electrons. The lowest BCUT2D eigenvalue weighted by Gasteiger charge is -2.40. The van der Waals surface area contributed by atoms with Crippen LogP contribution in [0.15, 0.2) is 17.5 Å². The van der Waals surface area contributed by atoms with Crippen molar-refractivity contribution in [1.82, 2.24) is 4.90 Å². The van der Waals surface area contributed by atoms with E-state index in [2.05, 4.69) is 22.4 Å². The molecule has 2 aliphatic rings. The summed E-state index contributed by atoms with van der Waals surface area (Å²) in [6.45, 7) is 8.20. The number of rotatable bonds is 4. The maximum Gasteiger partial charge on any atom is 0.257 e. The zero-order valence-corrected chi connectivity index (χ0v) is 14.1. The van der Waals surface area contributed by atoms with Gasteiger partial charge in [0.2, 0.25) is 0 Å². The normalized spacial score (nSPS) is 26.0. The van der Waals surface area contributed by atoms with Gasteiger partial charge in [-0.2, -0.15) is 0 Å². The number of nitrogens with zero attached hydrogens (tertiary/aromatic N) is 2. The Kier molecular flexibility index (Phi) is 4.70. The fourth-order valence-electron chi connectivity index (χ4n) is 3.18. The first kappa shape index (κ1) is 15.8. The molecule has 3 rings (SSSR count). The standard InChI is InChI=1S/C16H24N2O3S/c1-13(2)21-16(5-10-20-12-16)15(19)18-8-6-17(7-9-18)14-4-3-11-22-14/h3-4,11,13H,5-10,12H2,1-2H3. The van der Waals surface area contributed by atoms with E-state index >= 15 is 0 Å². The molecule has 3 heterocycles. The van der Waals surface area contributed by atoms with E-state index in [-0.39, 0.29) is 12.0 Å². The third-order valence-electron chi connectivity index (χ3n) is 4.22. The Balaban J connectivity index is 1.63. The molecule has 1 amide bonds. The predicted octanol–water partition coefficient (Wildman–Crippen LogP) is 1.98. The van der Waals surface area contributed by atoms with Crippen molar-refractivity contribution in [3.05, 3.63) is 17.5 Å². The number of hydrogen-bond donors (Lipinski definition) is 0. The lowest BCUT2D eigenvalue weighted by atomic mass is 10.00. The average Bonchev–Trinajstić information content (AvgIpc) is 3.18. The van der Waals surface area contributed by atoms with E-state index < -0.39 is 5.60 Å². The van der Waals surface area contributed by atoms with Crippen molar-refractivity contribution in [3.8, 4) is 0 Å². The molecule has 0 radical (unpaired) electrons. The summed E-state index contributed by atoms with van der Waals surface area (Å²) in [5, 5.41) is 3.37. The average molecular weight is 324 g/mol. The van der Waals surface area contributed by atoms with Gasteiger partial charge in [0.1, 0.15) is 0 Å². The monoisotopic (exact) mass is 324 g/mol. The van der Waals surface area contributed by atoms with Crippen LogP contribution in [0.25, 0.3) is 0 Å². The highest BCUT2D eigenvalue weighted by molar-refractivity contribution is 7.14. The summed E-state index contributed by atoms with van der Waals surface area (Å²) in [5.41, 5.74) is -0.765. The van der Waals surface area contributed by atoms with Crippen LogP contribution in [0.4, 0.5) is 5.00 Å². The van der Waals surface area contributed by atoms with E-state index in [1.807, 2.05) is 18.7 Å². The van der Waals surface area contributed by atoms with E-state index in [0.717, 1.165) is 26.2 Å². The van der Waals surface area contributed by atoms with Gasteiger partial charge in [-0.1, -0.05) is 0 Å². The van der Waals surface area contributed by atoms with Crippen LogP contribution >= 0.6 is 11.3 Å². The van der Waals surface area contributed by atoms with Gasteiger partial charge in [-0.15, -0.1) is 11.3 Å². The van der Waals surface area contributed by atoms with Gasteiger partial charge in [-0.05, 0) is 31.4 Å². The van der Waals surface area contributed by atoms with Crippen LogP contribution in [-0.4, -0.2) is 61.9 Å². The van der Waals surface area contributed by atoms with Crippen molar-refractivity contribution in [1.29, 1.82) is 0 Å². The molecule has 1 atom stereocenters. The van der Waals surface area contributed by atoms with Gasteiger partial charge < -0.3 is 19.3 Å². The number of amides is 1. The summed E-state index contributed by atoms with van der Waals surface area (Å²) in [5.74, 6) is 0.101. The van der Waals surface area contributed by atoms with Crippen LogP contribution in [0.3, 0.4) is 0 Å². The van der Waals surface area contributed by atoms with Crippen LogP contribution in [-0.2, 0) is 14.3 Å². The lowest BCUT2D eigenvalue weighted by molar-refractivity contribution is -0.164. The number of piperazine rings is 1. The predicted molar refractivity (Wildman–Crippen MR) is 87.5 cm³/mol. The minimum Gasteiger partial charge on any atom is -0.378 e. The molecule has 2 aliphatic heterocycles. The first-order chi connectivity index (χ1) is 10.6. The maximum absolute atomic E-state index is 13.0. The summed E-state index contributed by atoms with van der Waals surface area (Å²) in [6.07, 6.45) is 0.688. The molecule has 0 aromatic carbocycles. The van der Waals surface area contributed by atoms with E-state index in [1.54, 1.807) is 11.3 Å². The minimum absolute atomic E-state index is 0.0260. The smallest absolute Gasteiger partial charge is 0.257 e. The number of thiophene rings is 1. The Morgan fingerprint density at radius 2 is 2.14 bits per heavy atom. The first-order valence-electron chi connectivity index (χ1n) is 7.94. The van der Waals surface area contributed by atoms with Crippen LogP contribution in [0.5, 0.6) is 0 Å². The third-order valence-corrected chi connectivity index (χ3v) is 5.15. The molecule has 2 saturated heterocycles. The maximum atomic E-state index is 13.0. The fraction of sp³-hybridized carbons (Fsp3) is 0.688. The number of ether oxygens (including phenoxy) is 2. The SMILES string of the molecule is CC(C)OC1(C(=O)N2CCN(c3cccs3)CC2)CCOC1. The summed E-state index contributed by atoms with van der Waals surface area (Å²) < 4.78 is 11.5. The van der Waals surface area contributed by atoms with Gasteiger partial charge in [0.25, 0.3) is 5.91 Å².